The number of para-hydroxylation sites is 1. The summed E-state index contributed by atoms with van der Waals surface area (Å²) in [6, 6.07) is 8.18. The number of carbonyl (C=O) groups excluding carboxylic acids is 3. The van der Waals surface area contributed by atoms with Crippen LogP contribution in [0.5, 0.6) is 0 Å². The molecule has 0 radical (unpaired) electrons. The Morgan fingerprint density at radius 3 is 2.41 bits per heavy atom. The number of unbranched alkanes of at least 4 members (excludes halogenated alkanes) is 1. The first-order valence-corrected chi connectivity index (χ1v) is 14.8. The number of hydrogen-bond donors (Lipinski definition) is 4. The number of rotatable bonds is 14. The van der Waals surface area contributed by atoms with Crippen molar-refractivity contribution in [3.8, 4) is 0 Å². The lowest BCUT2D eigenvalue weighted by Gasteiger charge is -2.23. The second-order valence-corrected chi connectivity index (χ2v) is 11.6. The predicted molar refractivity (Wildman–Crippen MR) is 169 cm³/mol. The van der Waals surface area contributed by atoms with Crippen molar-refractivity contribution in [1.29, 1.82) is 0 Å². The number of benzene rings is 1. The van der Waals surface area contributed by atoms with E-state index < -0.39 is 28.8 Å². The molecular weight excluding hydrogens is 586 g/mol. The lowest BCUT2D eigenvalue weighted by molar-refractivity contribution is -0.388. The molecule has 2 aromatic heterocycles. The standard InChI is InChI=1S/C29H39N9O5S/c1-18(39)33-22(13-8-9-15-32-29(36(2)3)37(4)5)26(41)34-23(25(30)40)17-20-19-11-6-7-12-21(19)35-27(20)44-28-24(38(42)43)14-10-16-31-28/h6-7,10-12,14,16,22-23,35H,8-9,13,15,17H2,1-5H3,(H2,30,40)(H,33,39)(H,34,41)/t22-,23-/m0/s1. The first-order chi connectivity index (χ1) is 20.9. The van der Waals surface area contributed by atoms with Gasteiger partial charge in [-0.05, 0) is 48.7 Å². The van der Waals surface area contributed by atoms with E-state index in [0.717, 1.165) is 28.6 Å². The highest BCUT2D eigenvalue weighted by molar-refractivity contribution is 7.99. The Balaban J connectivity index is 1.79. The molecule has 2 atom stereocenters. The summed E-state index contributed by atoms with van der Waals surface area (Å²) in [7, 11) is 7.63. The molecule has 3 amide bonds. The molecule has 1 aromatic carbocycles. The van der Waals surface area contributed by atoms with Crippen LogP contribution < -0.4 is 16.4 Å². The van der Waals surface area contributed by atoms with Crippen LogP contribution in [-0.4, -0.2) is 95.2 Å². The summed E-state index contributed by atoms with van der Waals surface area (Å²) in [5, 5.41) is 18.4. The number of H-pyrrole nitrogens is 1. The summed E-state index contributed by atoms with van der Waals surface area (Å²) in [6.45, 7) is 1.86. The minimum atomic E-state index is -1.12. The van der Waals surface area contributed by atoms with Gasteiger partial charge in [0.2, 0.25) is 17.7 Å². The highest BCUT2D eigenvalue weighted by Gasteiger charge is 2.28. The van der Waals surface area contributed by atoms with Gasteiger partial charge >= 0.3 is 5.69 Å². The number of nitro groups is 1. The number of nitrogens with two attached hydrogens (primary N) is 1. The quantitative estimate of drug-likeness (QED) is 0.0684. The molecule has 3 aromatic rings. The zero-order chi connectivity index (χ0) is 32.4. The van der Waals surface area contributed by atoms with Gasteiger partial charge < -0.3 is 31.2 Å². The summed E-state index contributed by atoms with van der Waals surface area (Å²) in [5.74, 6) is -0.866. The van der Waals surface area contributed by atoms with Crippen molar-refractivity contribution in [2.45, 2.75) is 54.7 Å². The van der Waals surface area contributed by atoms with Gasteiger partial charge in [0.1, 0.15) is 12.1 Å². The van der Waals surface area contributed by atoms with Gasteiger partial charge in [-0.2, -0.15) is 0 Å². The summed E-state index contributed by atoms with van der Waals surface area (Å²) >= 11 is 1.06. The first kappa shape index (κ1) is 33.8. The number of aromatic amines is 1. The average Bonchev–Trinajstić information content (AvgIpc) is 3.29. The van der Waals surface area contributed by atoms with Gasteiger partial charge in [-0.1, -0.05) is 18.2 Å². The van der Waals surface area contributed by atoms with E-state index in [1.54, 1.807) is 0 Å². The van der Waals surface area contributed by atoms with Crippen molar-refractivity contribution in [2.75, 3.05) is 34.7 Å². The number of pyridine rings is 1. The van der Waals surface area contributed by atoms with Gasteiger partial charge in [-0.15, -0.1) is 0 Å². The van der Waals surface area contributed by atoms with E-state index >= 15 is 0 Å². The molecule has 236 valence electrons. The Morgan fingerprint density at radius 1 is 1.07 bits per heavy atom. The summed E-state index contributed by atoms with van der Waals surface area (Å²) in [4.78, 5) is 64.8. The van der Waals surface area contributed by atoms with Gasteiger partial charge in [0, 0.05) is 71.2 Å². The lowest BCUT2D eigenvalue weighted by atomic mass is 10.0. The number of aliphatic imine (C=N–C) groups is 1. The van der Waals surface area contributed by atoms with Gasteiger partial charge in [0.05, 0.1) is 9.95 Å². The maximum absolute atomic E-state index is 13.4. The summed E-state index contributed by atoms with van der Waals surface area (Å²) in [5.41, 5.74) is 6.97. The topological polar surface area (TPSA) is 192 Å². The molecule has 0 spiro atoms. The molecule has 0 unspecified atom stereocenters. The van der Waals surface area contributed by atoms with E-state index in [1.807, 2.05) is 62.3 Å². The Labute approximate surface area is 260 Å². The van der Waals surface area contributed by atoms with E-state index in [4.69, 9.17) is 5.73 Å². The molecule has 14 nitrogen and oxygen atoms in total. The molecule has 2 heterocycles. The Kier molecular flexibility index (Phi) is 12.1. The number of hydrogen-bond acceptors (Lipinski definition) is 8. The number of nitrogens with one attached hydrogen (secondary N) is 3. The van der Waals surface area contributed by atoms with E-state index in [0.29, 0.717) is 36.4 Å². The highest BCUT2D eigenvalue weighted by atomic mass is 32.2. The van der Waals surface area contributed by atoms with Gasteiger partial charge in [0.25, 0.3) is 0 Å². The Hall–Kier alpha value is -4.66. The molecule has 0 saturated heterocycles. The fourth-order valence-corrected chi connectivity index (χ4v) is 5.73. The van der Waals surface area contributed by atoms with E-state index in [9.17, 15) is 24.5 Å². The van der Waals surface area contributed by atoms with Crippen molar-refractivity contribution in [3.05, 3.63) is 58.3 Å². The molecule has 5 N–H and O–H groups in total. The molecule has 0 fully saturated rings. The fraction of sp³-hybridized carbons (Fsp3) is 0.414. The number of guanidine groups is 1. The molecule has 44 heavy (non-hydrogen) atoms. The predicted octanol–water partition coefficient (Wildman–Crippen LogP) is 2.29. The first-order valence-electron chi connectivity index (χ1n) is 14.0. The van der Waals surface area contributed by atoms with Crippen LogP contribution in [0.25, 0.3) is 10.9 Å². The van der Waals surface area contributed by atoms with Crippen molar-refractivity contribution >= 4 is 52.0 Å². The Bertz CT molecular complexity index is 1510. The second kappa shape index (κ2) is 15.7. The zero-order valence-corrected chi connectivity index (χ0v) is 26.3. The fourth-order valence-electron chi connectivity index (χ4n) is 4.70. The molecule has 0 bridgehead atoms. The van der Waals surface area contributed by atoms with Crippen LogP contribution in [0.3, 0.4) is 0 Å². The van der Waals surface area contributed by atoms with E-state index in [-0.39, 0.29) is 23.0 Å². The molecule has 3 rings (SSSR count). The van der Waals surface area contributed by atoms with Crippen LogP contribution in [0.4, 0.5) is 5.69 Å². The third-order valence-electron chi connectivity index (χ3n) is 6.64. The van der Waals surface area contributed by atoms with Crippen molar-refractivity contribution < 1.29 is 19.3 Å². The van der Waals surface area contributed by atoms with Crippen molar-refractivity contribution in [3.63, 3.8) is 0 Å². The third-order valence-corrected chi connectivity index (χ3v) is 7.70. The monoisotopic (exact) mass is 625 g/mol. The normalized spacial score (nSPS) is 12.2. The number of amides is 3. The molecule has 0 aliphatic rings. The van der Waals surface area contributed by atoms with Crippen molar-refractivity contribution in [2.24, 2.45) is 10.7 Å². The summed E-state index contributed by atoms with van der Waals surface area (Å²) in [6.07, 6.45) is 3.09. The van der Waals surface area contributed by atoms with Gasteiger partial charge in [-0.25, -0.2) is 4.98 Å². The SMILES string of the molecule is CC(=O)N[C@@H](CCCCN=C(N(C)C)N(C)C)C(=O)N[C@@H](Cc1c(Sc2ncccc2[N+](=O)[O-])[nH]c2ccccc12)C(N)=O. The smallest absolute Gasteiger partial charge is 0.301 e. The maximum Gasteiger partial charge on any atom is 0.301 e. The van der Waals surface area contributed by atoms with Crippen LogP contribution in [0, 0.1) is 10.1 Å². The van der Waals surface area contributed by atoms with Crippen LogP contribution in [0.1, 0.15) is 31.7 Å². The summed E-state index contributed by atoms with van der Waals surface area (Å²) < 4.78 is 0. The second-order valence-electron chi connectivity index (χ2n) is 10.6. The molecule has 0 aliphatic carbocycles. The molecule has 0 saturated carbocycles. The number of carbonyl (C=O) groups is 3. The number of nitrogens with zero attached hydrogens (tertiary/aromatic N) is 5. The Morgan fingerprint density at radius 2 is 1.77 bits per heavy atom. The highest BCUT2D eigenvalue weighted by Crippen LogP contribution is 2.37. The maximum atomic E-state index is 13.4. The van der Waals surface area contributed by atoms with E-state index in [2.05, 4.69) is 25.6 Å². The number of aromatic nitrogens is 2. The minimum absolute atomic E-state index is 0.00735. The van der Waals surface area contributed by atoms with Gasteiger partial charge in [-0.3, -0.25) is 29.5 Å². The van der Waals surface area contributed by atoms with Crippen LogP contribution in [0.2, 0.25) is 0 Å². The van der Waals surface area contributed by atoms with E-state index in [1.165, 1.54) is 25.3 Å². The van der Waals surface area contributed by atoms with Gasteiger partial charge in [0.15, 0.2) is 11.0 Å². The number of primary amides is 1. The van der Waals surface area contributed by atoms with Crippen LogP contribution >= 0.6 is 11.8 Å². The van der Waals surface area contributed by atoms with Crippen LogP contribution in [-0.2, 0) is 20.8 Å². The zero-order valence-electron chi connectivity index (χ0n) is 25.5. The largest absolute Gasteiger partial charge is 0.368 e. The lowest BCUT2D eigenvalue weighted by Crippen LogP contribution is -2.53. The number of fused-ring (bicyclic) bond motifs is 1. The molecular formula is C29H39N9O5S. The minimum Gasteiger partial charge on any atom is -0.368 e. The average molecular weight is 626 g/mol. The van der Waals surface area contributed by atoms with Crippen molar-refractivity contribution in [1.82, 2.24) is 30.4 Å². The molecule has 0 aliphatic heterocycles. The molecule has 15 heteroatoms. The third kappa shape index (κ3) is 9.17. The van der Waals surface area contributed by atoms with Crippen LogP contribution in [0.15, 0.2) is 57.6 Å².